The molecule has 0 bridgehead atoms. The number of methoxy groups -OCH3 is 3. The molecule has 1 saturated heterocycles. The van der Waals surface area contributed by atoms with Crippen molar-refractivity contribution in [1.29, 1.82) is 0 Å². The molecule has 0 saturated carbocycles. The first-order valence-electron chi connectivity index (χ1n) is 12.0. The quantitative estimate of drug-likeness (QED) is 0.427. The largest absolute Gasteiger partial charge is 0.497 e. The third-order valence-electron chi connectivity index (χ3n) is 5.77. The molecule has 15 heteroatoms. The Hall–Kier alpha value is -3.56. The van der Waals surface area contributed by atoms with Crippen molar-refractivity contribution < 1.29 is 50.5 Å². The molecule has 1 heterocycles. The molecule has 1 fully saturated rings. The molecule has 1 aliphatic rings. The number of rotatable bonds is 10. The molecule has 0 spiro atoms. The van der Waals surface area contributed by atoms with Gasteiger partial charge in [-0.15, -0.1) is 0 Å². The van der Waals surface area contributed by atoms with Gasteiger partial charge in [0, 0.05) is 51.8 Å². The standard InChI is InChI=1S/C23H31N3O6S.C2HF3O2/c1-30-19-6-4-5-18(15-19)17-26(12-9-23(27)25-13-10-24-11-14-25)33(28,29)22-16-20(31-2)7-8-21(22)32-3;3-2(4,5)1(6)7/h4-8,15-16,24H,9-14,17H2,1-3H3;(H,6,7). The van der Waals surface area contributed by atoms with E-state index < -0.39 is 22.2 Å². The summed E-state index contributed by atoms with van der Waals surface area (Å²) in [6.45, 7) is 2.81. The fourth-order valence-corrected chi connectivity index (χ4v) is 5.28. The highest BCUT2D eigenvalue weighted by atomic mass is 32.2. The molecule has 2 N–H and O–H groups in total. The van der Waals surface area contributed by atoms with Gasteiger partial charge in [0.15, 0.2) is 0 Å². The summed E-state index contributed by atoms with van der Waals surface area (Å²) in [6, 6.07) is 11.8. The van der Waals surface area contributed by atoms with Crippen molar-refractivity contribution >= 4 is 21.9 Å². The lowest BCUT2D eigenvalue weighted by atomic mass is 10.2. The second-order valence-corrected chi connectivity index (χ2v) is 10.3. The highest BCUT2D eigenvalue weighted by Crippen LogP contribution is 2.31. The van der Waals surface area contributed by atoms with Crippen LogP contribution in [0.5, 0.6) is 17.2 Å². The minimum Gasteiger partial charge on any atom is -0.497 e. The van der Waals surface area contributed by atoms with Crippen molar-refractivity contribution in [2.75, 3.05) is 54.1 Å². The van der Waals surface area contributed by atoms with Crippen LogP contribution in [0.3, 0.4) is 0 Å². The van der Waals surface area contributed by atoms with Crippen LogP contribution in [0.1, 0.15) is 12.0 Å². The number of ether oxygens (including phenoxy) is 3. The van der Waals surface area contributed by atoms with Crippen LogP contribution in [-0.4, -0.2) is 94.8 Å². The fourth-order valence-electron chi connectivity index (χ4n) is 3.68. The molecule has 1 amide bonds. The maximum atomic E-state index is 13.8. The third-order valence-corrected chi connectivity index (χ3v) is 7.64. The van der Waals surface area contributed by atoms with Crippen LogP contribution in [0.2, 0.25) is 0 Å². The number of aliphatic carboxylic acids is 1. The number of carboxylic acid groups (broad SMARTS) is 1. The second-order valence-electron chi connectivity index (χ2n) is 8.39. The van der Waals surface area contributed by atoms with E-state index in [1.54, 1.807) is 42.3 Å². The summed E-state index contributed by atoms with van der Waals surface area (Å²) >= 11 is 0. The molecule has 0 aliphatic carbocycles. The van der Waals surface area contributed by atoms with Crippen LogP contribution < -0.4 is 19.5 Å². The first kappa shape index (κ1) is 32.7. The Bertz CT molecular complexity index is 1250. The average Bonchev–Trinajstić information content (AvgIpc) is 2.94. The number of hydrogen-bond donors (Lipinski definition) is 2. The lowest BCUT2D eigenvalue weighted by molar-refractivity contribution is -0.192. The van der Waals surface area contributed by atoms with Crippen LogP contribution in [0, 0.1) is 0 Å². The number of carboxylic acids is 1. The van der Waals surface area contributed by atoms with Crippen molar-refractivity contribution in [1.82, 2.24) is 14.5 Å². The van der Waals surface area contributed by atoms with Gasteiger partial charge >= 0.3 is 12.1 Å². The number of carbonyl (C=O) groups is 2. The number of sulfonamides is 1. The molecular weight excluding hydrogens is 559 g/mol. The van der Waals surface area contributed by atoms with E-state index in [4.69, 9.17) is 24.1 Å². The van der Waals surface area contributed by atoms with Gasteiger partial charge in [-0.3, -0.25) is 4.79 Å². The number of hydrogen-bond acceptors (Lipinski definition) is 8. The van der Waals surface area contributed by atoms with Gasteiger partial charge in [0.25, 0.3) is 0 Å². The van der Waals surface area contributed by atoms with Gasteiger partial charge in [0.05, 0.1) is 21.3 Å². The normalized spacial score (nSPS) is 13.7. The Kier molecular flexibility index (Phi) is 12.0. The van der Waals surface area contributed by atoms with Crippen LogP contribution in [0.4, 0.5) is 13.2 Å². The lowest BCUT2D eigenvalue weighted by Crippen LogP contribution is -2.47. The van der Waals surface area contributed by atoms with Gasteiger partial charge in [-0.1, -0.05) is 12.1 Å². The van der Waals surface area contributed by atoms with E-state index in [9.17, 15) is 26.4 Å². The Morgan fingerprint density at radius 2 is 1.60 bits per heavy atom. The molecule has 2 aromatic rings. The van der Waals surface area contributed by atoms with Crippen LogP contribution in [0.25, 0.3) is 0 Å². The molecule has 0 aromatic heterocycles. The number of benzene rings is 2. The predicted octanol–water partition coefficient (Wildman–Crippen LogP) is 2.36. The summed E-state index contributed by atoms with van der Waals surface area (Å²) in [6.07, 6.45) is -5.00. The van der Waals surface area contributed by atoms with Crippen molar-refractivity contribution in [2.45, 2.75) is 24.0 Å². The smallest absolute Gasteiger partial charge is 0.490 e. The zero-order valence-electron chi connectivity index (χ0n) is 22.2. The summed E-state index contributed by atoms with van der Waals surface area (Å²) < 4.78 is 76.4. The summed E-state index contributed by atoms with van der Waals surface area (Å²) in [4.78, 5) is 23.4. The molecule has 0 atom stereocenters. The first-order valence-corrected chi connectivity index (χ1v) is 13.4. The van der Waals surface area contributed by atoms with Gasteiger partial charge < -0.3 is 29.5 Å². The molecule has 0 unspecified atom stereocenters. The fraction of sp³-hybridized carbons (Fsp3) is 0.440. The third kappa shape index (κ3) is 9.27. The number of halogens is 3. The lowest BCUT2D eigenvalue weighted by Gasteiger charge is -2.29. The number of nitrogens with zero attached hydrogens (tertiary/aromatic N) is 2. The maximum absolute atomic E-state index is 13.8. The average molecular weight is 592 g/mol. The number of alkyl halides is 3. The van der Waals surface area contributed by atoms with Gasteiger partial charge in [-0.05, 0) is 29.8 Å². The van der Waals surface area contributed by atoms with Crippen LogP contribution in [0.15, 0.2) is 47.4 Å². The monoisotopic (exact) mass is 591 g/mol. The number of carbonyl (C=O) groups excluding carboxylic acids is 1. The highest BCUT2D eigenvalue weighted by Gasteiger charge is 2.38. The van der Waals surface area contributed by atoms with Gasteiger partial charge in [0.2, 0.25) is 15.9 Å². The van der Waals surface area contributed by atoms with E-state index in [1.807, 2.05) is 6.07 Å². The minimum atomic E-state index is -5.08. The van der Waals surface area contributed by atoms with Crippen LogP contribution >= 0.6 is 0 Å². The van der Waals surface area contributed by atoms with Crippen molar-refractivity contribution in [3.63, 3.8) is 0 Å². The molecule has 0 radical (unpaired) electrons. The number of nitrogens with one attached hydrogen (secondary N) is 1. The Balaban J connectivity index is 0.000000708. The maximum Gasteiger partial charge on any atom is 0.490 e. The highest BCUT2D eigenvalue weighted by molar-refractivity contribution is 7.89. The molecule has 2 aromatic carbocycles. The summed E-state index contributed by atoms with van der Waals surface area (Å²) in [5, 5.41) is 10.3. The summed E-state index contributed by atoms with van der Waals surface area (Å²) in [5.41, 5.74) is 0.745. The van der Waals surface area contributed by atoms with Gasteiger partial charge in [0.1, 0.15) is 22.1 Å². The Morgan fingerprint density at radius 3 is 2.15 bits per heavy atom. The summed E-state index contributed by atoms with van der Waals surface area (Å²) in [5.74, 6) is -1.60. The predicted molar refractivity (Wildman–Crippen MR) is 138 cm³/mol. The van der Waals surface area contributed by atoms with Crippen molar-refractivity contribution in [3.05, 3.63) is 48.0 Å². The molecular formula is C25H32F3N3O8S. The van der Waals surface area contributed by atoms with E-state index >= 15 is 0 Å². The van der Waals surface area contributed by atoms with Crippen LogP contribution in [-0.2, 0) is 26.2 Å². The van der Waals surface area contributed by atoms with Crippen molar-refractivity contribution in [2.24, 2.45) is 0 Å². The summed E-state index contributed by atoms with van der Waals surface area (Å²) in [7, 11) is 0.429. The second kappa shape index (κ2) is 14.7. The Morgan fingerprint density at radius 1 is 1.00 bits per heavy atom. The SMILES string of the molecule is COc1cccc(CN(CCC(=O)N2CCNCC2)S(=O)(=O)c2cc(OC)ccc2OC)c1.O=C(O)C(F)(F)F. The van der Waals surface area contributed by atoms with E-state index in [-0.39, 0.29) is 36.1 Å². The zero-order valence-corrected chi connectivity index (χ0v) is 23.0. The van der Waals surface area contributed by atoms with E-state index in [0.717, 1.165) is 18.7 Å². The first-order chi connectivity index (χ1) is 18.8. The number of amides is 1. The molecule has 222 valence electrons. The zero-order chi connectivity index (χ0) is 29.9. The van der Waals surface area contributed by atoms with Gasteiger partial charge in [-0.2, -0.15) is 17.5 Å². The van der Waals surface area contributed by atoms with Gasteiger partial charge in [-0.25, -0.2) is 13.2 Å². The molecule has 40 heavy (non-hydrogen) atoms. The van der Waals surface area contributed by atoms with E-state index in [1.165, 1.54) is 24.6 Å². The van der Waals surface area contributed by atoms with E-state index in [0.29, 0.717) is 24.6 Å². The van der Waals surface area contributed by atoms with Crippen molar-refractivity contribution in [3.8, 4) is 17.2 Å². The topological polar surface area (TPSA) is 135 Å². The molecule has 11 nitrogen and oxygen atoms in total. The number of piperazine rings is 1. The molecule has 1 aliphatic heterocycles. The minimum absolute atomic E-state index is 0.0122. The van der Waals surface area contributed by atoms with E-state index in [2.05, 4.69) is 5.32 Å². The Labute approximate surface area is 230 Å². The molecule has 3 rings (SSSR count).